The van der Waals surface area contributed by atoms with Crippen LogP contribution in [0.1, 0.15) is 31.9 Å². The molecule has 2 rings (SSSR count). The lowest BCUT2D eigenvalue weighted by Crippen LogP contribution is -2.42. The average Bonchev–Trinajstić information content (AvgIpc) is 2.96. The molecule has 1 aromatic heterocycles. The van der Waals surface area contributed by atoms with Crippen LogP contribution in [-0.2, 0) is 21.1 Å². The fourth-order valence-electron chi connectivity index (χ4n) is 2.52. The van der Waals surface area contributed by atoms with Gasteiger partial charge in [-0.25, -0.2) is 13.4 Å². The van der Waals surface area contributed by atoms with Gasteiger partial charge in [-0.3, -0.25) is 4.79 Å². The Morgan fingerprint density at radius 3 is 2.86 bits per heavy atom. The second-order valence-corrected chi connectivity index (χ2v) is 8.47. The summed E-state index contributed by atoms with van der Waals surface area (Å²) < 4.78 is 23.3. The highest BCUT2D eigenvalue weighted by Gasteiger charge is 2.34. The number of nitrogen functional groups attached to an aromatic ring is 1. The van der Waals surface area contributed by atoms with Gasteiger partial charge in [0.15, 0.2) is 15.0 Å². The molecule has 0 radical (unpaired) electrons. The number of nitrogens with two attached hydrogens (primary N) is 1. The van der Waals surface area contributed by atoms with Gasteiger partial charge >= 0.3 is 0 Å². The number of carbonyl (C=O) groups excluding carboxylic acids is 1. The van der Waals surface area contributed by atoms with E-state index in [1.807, 2.05) is 0 Å². The topological polar surface area (TPSA) is 93.4 Å². The highest BCUT2D eigenvalue weighted by Crippen LogP contribution is 2.20. The molecule has 1 saturated heterocycles. The van der Waals surface area contributed by atoms with Gasteiger partial charge in [-0.1, -0.05) is 13.3 Å². The summed E-state index contributed by atoms with van der Waals surface area (Å²) in [6, 6.07) is -0.190. The fraction of sp³-hybridized carbons (Fsp3) is 0.692. The zero-order chi connectivity index (χ0) is 15.5. The molecule has 2 heterocycles. The maximum absolute atomic E-state index is 12.5. The number of unbranched alkanes of at least 4 members (excludes halogenated alkanes) is 1. The molecule has 8 heteroatoms. The van der Waals surface area contributed by atoms with E-state index >= 15 is 0 Å². The Hall–Kier alpha value is -1.15. The molecule has 2 N–H and O–H groups in total. The SMILES string of the molecule is CCCCN(C(=O)Cc1csc(N)n1)C1CCS(=O)(=O)C1. The van der Waals surface area contributed by atoms with Crippen LogP contribution in [0, 0.1) is 0 Å². The molecule has 1 aliphatic heterocycles. The lowest BCUT2D eigenvalue weighted by molar-refractivity contribution is -0.132. The lowest BCUT2D eigenvalue weighted by atomic mass is 10.1. The molecule has 6 nitrogen and oxygen atoms in total. The molecule has 1 unspecified atom stereocenters. The first-order valence-electron chi connectivity index (χ1n) is 7.11. The van der Waals surface area contributed by atoms with Crippen molar-refractivity contribution in [1.29, 1.82) is 0 Å². The Morgan fingerprint density at radius 1 is 1.57 bits per heavy atom. The molecule has 1 atom stereocenters. The zero-order valence-corrected chi connectivity index (χ0v) is 13.8. The first kappa shape index (κ1) is 16.2. The molecule has 118 valence electrons. The molecule has 0 saturated carbocycles. The van der Waals surface area contributed by atoms with Crippen molar-refractivity contribution in [3.05, 3.63) is 11.1 Å². The van der Waals surface area contributed by atoms with Gasteiger partial charge in [-0.05, 0) is 12.8 Å². The van der Waals surface area contributed by atoms with E-state index in [1.165, 1.54) is 11.3 Å². The Balaban J connectivity index is 2.06. The van der Waals surface area contributed by atoms with Gasteiger partial charge in [-0.15, -0.1) is 11.3 Å². The Kier molecular flexibility index (Phi) is 5.21. The Bertz CT molecular complexity index is 598. The van der Waals surface area contributed by atoms with Crippen LogP contribution >= 0.6 is 11.3 Å². The number of amides is 1. The van der Waals surface area contributed by atoms with Crippen molar-refractivity contribution in [3.63, 3.8) is 0 Å². The van der Waals surface area contributed by atoms with E-state index in [2.05, 4.69) is 11.9 Å². The highest BCUT2D eigenvalue weighted by atomic mass is 32.2. The van der Waals surface area contributed by atoms with E-state index in [9.17, 15) is 13.2 Å². The number of sulfone groups is 1. The summed E-state index contributed by atoms with van der Waals surface area (Å²) in [5, 5.41) is 2.22. The van der Waals surface area contributed by atoms with E-state index in [1.54, 1.807) is 10.3 Å². The number of thiazole rings is 1. The van der Waals surface area contributed by atoms with Crippen LogP contribution in [0.15, 0.2) is 5.38 Å². The lowest BCUT2D eigenvalue weighted by Gasteiger charge is -2.28. The standard InChI is InChI=1S/C13H21N3O3S2/c1-2-3-5-16(11-4-6-21(18,19)9-11)12(17)7-10-8-20-13(14)15-10/h8,11H,2-7,9H2,1H3,(H2,14,15). The molecular weight excluding hydrogens is 310 g/mol. The molecule has 0 aliphatic carbocycles. The van der Waals surface area contributed by atoms with Gasteiger partial charge in [-0.2, -0.15) is 0 Å². The third-order valence-corrected chi connectivity index (χ3v) is 6.10. The Morgan fingerprint density at radius 2 is 2.33 bits per heavy atom. The third-order valence-electron chi connectivity index (χ3n) is 3.62. The summed E-state index contributed by atoms with van der Waals surface area (Å²) >= 11 is 1.31. The highest BCUT2D eigenvalue weighted by molar-refractivity contribution is 7.91. The van der Waals surface area contributed by atoms with Crippen LogP contribution < -0.4 is 5.73 Å². The van der Waals surface area contributed by atoms with Crippen LogP contribution in [0.4, 0.5) is 5.13 Å². The van der Waals surface area contributed by atoms with Crippen molar-refractivity contribution in [3.8, 4) is 0 Å². The minimum absolute atomic E-state index is 0.0594. The summed E-state index contributed by atoms with van der Waals surface area (Å²) in [4.78, 5) is 18.3. The predicted octanol–water partition coefficient (Wildman–Crippen LogP) is 1.08. The van der Waals surface area contributed by atoms with Crippen molar-refractivity contribution < 1.29 is 13.2 Å². The van der Waals surface area contributed by atoms with E-state index in [0.717, 1.165) is 12.8 Å². The number of hydrogen-bond acceptors (Lipinski definition) is 6. The van der Waals surface area contributed by atoms with Crippen LogP contribution in [0.5, 0.6) is 0 Å². The predicted molar refractivity (Wildman–Crippen MR) is 83.9 cm³/mol. The van der Waals surface area contributed by atoms with Gasteiger partial charge in [0, 0.05) is 18.0 Å². The Labute approximate surface area is 129 Å². The van der Waals surface area contributed by atoms with E-state index in [0.29, 0.717) is 23.8 Å². The molecule has 0 bridgehead atoms. The van der Waals surface area contributed by atoms with Crippen molar-refractivity contribution in [2.75, 3.05) is 23.8 Å². The minimum atomic E-state index is -3.00. The molecule has 21 heavy (non-hydrogen) atoms. The quantitative estimate of drug-likeness (QED) is 0.842. The number of nitrogens with zero attached hydrogens (tertiary/aromatic N) is 2. The van der Waals surface area contributed by atoms with Crippen molar-refractivity contribution in [2.45, 2.75) is 38.6 Å². The summed E-state index contributed by atoms with van der Waals surface area (Å²) in [7, 11) is -3.00. The third kappa shape index (κ3) is 4.41. The van der Waals surface area contributed by atoms with Crippen molar-refractivity contribution in [2.24, 2.45) is 0 Å². The smallest absolute Gasteiger partial charge is 0.228 e. The summed E-state index contributed by atoms with van der Waals surface area (Å²) in [6.07, 6.45) is 2.57. The van der Waals surface area contributed by atoms with E-state index in [-0.39, 0.29) is 29.9 Å². The number of aromatic nitrogens is 1. The van der Waals surface area contributed by atoms with E-state index in [4.69, 9.17) is 5.73 Å². The summed E-state index contributed by atoms with van der Waals surface area (Å²) in [5.74, 6) is 0.203. The molecule has 1 aromatic rings. The first-order chi connectivity index (χ1) is 9.91. The number of anilines is 1. The molecular formula is C13H21N3O3S2. The second-order valence-electron chi connectivity index (χ2n) is 5.35. The maximum atomic E-state index is 12.5. The molecule has 1 aliphatic rings. The zero-order valence-electron chi connectivity index (χ0n) is 12.1. The fourth-order valence-corrected chi connectivity index (χ4v) is 4.81. The van der Waals surface area contributed by atoms with E-state index < -0.39 is 9.84 Å². The summed E-state index contributed by atoms with van der Waals surface area (Å²) in [5.41, 5.74) is 6.23. The van der Waals surface area contributed by atoms with Crippen LogP contribution in [-0.4, -0.2) is 48.3 Å². The van der Waals surface area contributed by atoms with Crippen LogP contribution in [0.25, 0.3) is 0 Å². The second kappa shape index (κ2) is 6.74. The van der Waals surface area contributed by atoms with Crippen LogP contribution in [0.3, 0.4) is 0 Å². The molecule has 1 amide bonds. The minimum Gasteiger partial charge on any atom is -0.375 e. The molecule has 0 aromatic carbocycles. The summed E-state index contributed by atoms with van der Waals surface area (Å²) in [6.45, 7) is 2.66. The largest absolute Gasteiger partial charge is 0.375 e. The molecule has 1 fully saturated rings. The first-order valence-corrected chi connectivity index (χ1v) is 9.81. The number of rotatable bonds is 6. The maximum Gasteiger partial charge on any atom is 0.228 e. The average molecular weight is 331 g/mol. The van der Waals surface area contributed by atoms with Gasteiger partial charge in [0.05, 0.1) is 23.6 Å². The van der Waals surface area contributed by atoms with Crippen LogP contribution in [0.2, 0.25) is 0 Å². The van der Waals surface area contributed by atoms with Gasteiger partial charge in [0.25, 0.3) is 0 Å². The molecule has 0 spiro atoms. The van der Waals surface area contributed by atoms with Gasteiger partial charge in [0.2, 0.25) is 5.91 Å². The normalized spacial score (nSPS) is 20.5. The monoisotopic (exact) mass is 331 g/mol. The van der Waals surface area contributed by atoms with Gasteiger partial charge < -0.3 is 10.6 Å². The number of carbonyl (C=O) groups is 1. The number of hydrogen-bond donors (Lipinski definition) is 1. The van der Waals surface area contributed by atoms with Crippen molar-refractivity contribution >= 4 is 32.2 Å². The van der Waals surface area contributed by atoms with Crippen molar-refractivity contribution in [1.82, 2.24) is 9.88 Å². The van der Waals surface area contributed by atoms with Gasteiger partial charge in [0.1, 0.15) is 0 Å².